The minimum atomic E-state index is 0.0744. The molecule has 0 saturated carbocycles. The van der Waals surface area contributed by atoms with Crippen LogP contribution < -0.4 is 0 Å². The molecule has 0 saturated heterocycles. The number of hydrogen-bond donors (Lipinski definition) is 0. The summed E-state index contributed by atoms with van der Waals surface area (Å²) in [6.07, 6.45) is 6.71. The first-order chi connectivity index (χ1) is 8.20. The van der Waals surface area contributed by atoms with Gasteiger partial charge in [0.15, 0.2) is 11.6 Å². The lowest BCUT2D eigenvalue weighted by Crippen LogP contribution is -1.97. The second kappa shape index (κ2) is 7.55. The molecular formula is C15H18O2. The predicted octanol–water partition coefficient (Wildman–Crippen LogP) is 3.57. The maximum absolute atomic E-state index is 11.7. The highest BCUT2D eigenvalue weighted by atomic mass is 16.1. The van der Waals surface area contributed by atoms with E-state index >= 15 is 0 Å². The third kappa shape index (κ3) is 5.81. The first-order valence-electron chi connectivity index (χ1n) is 5.95. The zero-order valence-electron chi connectivity index (χ0n) is 10.2. The van der Waals surface area contributed by atoms with Gasteiger partial charge in [0, 0.05) is 12.0 Å². The van der Waals surface area contributed by atoms with Crippen LogP contribution in [0.25, 0.3) is 0 Å². The van der Waals surface area contributed by atoms with E-state index in [0.717, 1.165) is 24.8 Å². The minimum Gasteiger partial charge on any atom is -0.295 e. The molecule has 0 fully saturated rings. The predicted molar refractivity (Wildman–Crippen MR) is 69.1 cm³/mol. The van der Waals surface area contributed by atoms with Gasteiger partial charge in [-0.3, -0.25) is 9.59 Å². The van der Waals surface area contributed by atoms with Crippen LogP contribution in [0.2, 0.25) is 0 Å². The molecule has 1 rings (SSSR count). The molecule has 2 heteroatoms. The lowest BCUT2D eigenvalue weighted by Gasteiger charge is -1.99. The maximum Gasteiger partial charge on any atom is 0.162 e. The quantitative estimate of drug-likeness (QED) is 0.407. The molecule has 0 N–H and O–H groups in total. The maximum atomic E-state index is 11.7. The largest absolute Gasteiger partial charge is 0.295 e. The number of hydrogen-bond acceptors (Lipinski definition) is 2. The molecule has 0 aliphatic rings. The van der Waals surface area contributed by atoms with Crippen molar-refractivity contribution in [2.24, 2.45) is 0 Å². The van der Waals surface area contributed by atoms with Gasteiger partial charge < -0.3 is 0 Å². The fourth-order valence-corrected chi connectivity index (χ4v) is 1.57. The molecular weight excluding hydrogens is 212 g/mol. The number of benzene rings is 1. The molecule has 0 radical (unpaired) electrons. The van der Waals surface area contributed by atoms with E-state index in [4.69, 9.17) is 0 Å². The zero-order chi connectivity index (χ0) is 12.5. The first kappa shape index (κ1) is 13.4. The molecule has 0 unspecified atom stereocenters. The molecule has 0 amide bonds. The highest BCUT2D eigenvalue weighted by molar-refractivity contribution is 5.95. The van der Waals surface area contributed by atoms with Crippen LogP contribution in [0, 0.1) is 0 Å². The summed E-state index contributed by atoms with van der Waals surface area (Å²) in [4.78, 5) is 22.3. The van der Waals surface area contributed by atoms with Gasteiger partial charge in [-0.1, -0.05) is 36.4 Å². The third-order valence-corrected chi connectivity index (χ3v) is 2.47. The molecule has 0 atom stereocenters. The van der Waals surface area contributed by atoms with E-state index in [2.05, 4.69) is 0 Å². The Morgan fingerprint density at radius 2 is 1.82 bits per heavy atom. The van der Waals surface area contributed by atoms with Crippen molar-refractivity contribution in [3.05, 3.63) is 48.0 Å². The van der Waals surface area contributed by atoms with Gasteiger partial charge in [0.1, 0.15) is 0 Å². The standard InChI is InChI=1S/C15H18O2/c1-13(16)9-5-2-3-8-12-15(17)14-10-6-4-7-11-14/h4-7,9-11H,2-3,8,12H2,1H3/b9-5+. The van der Waals surface area contributed by atoms with E-state index in [-0.39, 0.29) is 11.6 Å². The summed E-state index contributed by atoms with van der Waals surface area (Å²) < 4.78 is 0. The number of rotatable bonds is 7. The van der Waals surface area contributed by atoms with Crippen molar-refractivity contribution >= 4 is 11.6 Å². The minimum absolute atomic E-state index is 0.0744. The summed E-state index contributed by atoms with van der Waals surface area (Å²) in [6, 6.07) is 9.35. The topological polar surface area (TPSA) is 34.1 Å². The lowest BCUT2D eigenvalue weighted by atomic mass is 10.0. The van der Waals surface area contributed by atoms with Crippen LogP contribution in [0.3, 0.4) is 0 Å². The van der Waals surface area contributed by atoms with E-state index in [1.165, 1.54) is 6.92 Å². The molecule has 0 aromatic heterocycles. The summed E-state index contributed by atoms with van der Waals surface area (Å²) in [6.45, 7) is 1.54. The van der Waals surface area contributed by atoms with Gasteiger partial charge in [-0.15, -0.1) is 0 Å². The average molecular weight is 230 g/mol. The fraction of sp³-hybridized carbons (Fsp3) is 0.333. The first-order valence-corrected chi connectivity index (χ1v) is 5.95. The third-order valence-electron chi connectivity index (χ3n) is 2.47. The molecule has 2 nitrogen and oxygen atoms in total. The number of allylic oxidation sites excluding steroid dienone is 2. The van der Waals surface area contributed by atoms with E-state index in [1.807, 2.05) is 36.4 Å². The lowest BCUT2D eigenvalue weighted by molar-refractivity contribution is -0.112. The number of carbonyl (C=O) groups is 2. The van der Waals surface area contributed by atoms with Crippen LogP contribution in [0.15, 0.2) is 42.5 Å². The Kier molecular flexibility index (Phi) is 5.94. The van der Waals surface area contributed by atoms with Gasteiger partial charge >= 0.3 is 0 Å². The number of ketones is 2. The Labute approximate surface area is 102 Å². The average Bonchev–Trinajstić information content (AvgIpc) is 2.34. The molecule has 1 aromatic rings. The molecule has 17 heavy (non-hydrogen) atoms. The SMILES string of the molecule is CC(=O)/C=C/CCCCC(=O)c1ccccc1. The van der Waals surface area contributed by atoms with E-state index in [9.17, 15) is 9.59 Å². The molecule has 1 aromatic carbocycles. The molecule has 0 aliphatic carbocycles. The monoisotopic (exact) mass is 230 g/mol. The van der Waals surface area contributed by atoms with E-state index in [0.29, 0.717) is 6.42 Å². The number of Topliss-reactive ketones (excluding diaryl/α,β-unsaturated/α-hetero) is 1. The summed E-state index contributed by atoms with van der Waals surface area (Å²) in [7, 11) is 0. The van der Waals surface area contributed by atoms with Crippen LogP contribution >= 0.6 is 0 Å². The van der Waals surface area contributed by atoms with Gasteiger partial charge in [0.25, 0.3) is 0 Å². The van der Waals surface area contributed by atoms with E-state index in [1.54, 1.807) is 6.08 Å². The molecule has 0 heterocycles. The molecule has 0 aliphatic heterocycles. The Hall–Kier alpha value is -1.70. The second-order valence-electron chi connectivity index (χ2n) is 4.05. The van der Waals surface area contributed by atoms with Crippen LogP contribution in [0.4, 0.5) is 0 Å². The van der Waals surface area contributed by atoms with Gasteiger partial charge in [-0.25, -0.2) is 0 Å². The van der Waals surface area contributed by atoms with Gasteiger partial charge in [0.2, 0.25) is 0 Å². The Bertz CT molecular complexity index is 391. The second-order valence-corrected chi connectivity index (χ2v) is 4.05. The van der Waals surface area contributed by atoms with Crippen molar-refractivity contribution in [1.29, 1.82) is 0 Å². The number of unbranched alkanes of at least 4 members (excludes halogenated alkanes) is 2. The summed E-state index contributed by atoms with van der Waals surface area (Å²) >= 11 is 0. The molecule has 0 bridgehead atoms. The molecule has 0 spiro atoms. The highest BCUT2D eigenvalue weighted by Crippen LogP contribution is 2.08. The van der Waals surface area contributed by atoms with Crippen LogP contribution in [0.5, 0.6) is 0 Å². The van der Waals surface area contributed by atoms with Crippen molar-refractivity contribution in [3.8, 4) is 0 Å². The van der Waals surface area contributed by atoms with Crippen molar-refractivity contribution < 1.29 is 9.59 Å². The zero-order valence-corrected chi connectivity index (χ0v) is 10.2. The van der Waals surface area contributed by atoms with Gasteiger partial charge in [-0.2, -0.15) is 0 Å². The van der Waals surface area contributed by atoms with Crippen LogP contribution in [-0.4, -0.2) is 11.6 Å². The van der Waals surface area contributed by atoms with Gasteiger partial charge in [0.05, 0.1) is 0 Å². The Morgan fingerprint density at radius 3 is 2.47 bits per heavy atom. The van der Waals surface area contributed by atoms with Crippen LogP contribution in [0.1, 0.15) is 43.0 Å². The van der Waals surface area contributed by atoms with Crippen molar-refractivity contribution in [1.82, 2.24) is 0 Å². The van der Waals surface area contributed by atoms with Crippen molar-refractivity contribution in [2.75, 3.05) is 0 Å². The number of carbonyl (C=O) groups excluding carboxylic acids is 2. The summed E-state index contributed by atoms with van der Waals surface area (Å²) in [5.74, 6) is 0.270. The Balaban J connectivity index is 2.19. The fourth-order valence-electron chi connectivity index (χ4n) is 1.57. The Morgan fingerprint density at radius 1 is 1.12 bits per heavy atom. The smallest absolute Gasteiger partial charge is 0.162 e. The normalized spacial score (nSPS) is 10.6. The summed E-state index contributed by atoms with van der Waals surface area (Å²) in [5, 5.41) is 0. The van der Waals surface area contributed by atoms with Crippen molar-refractivity contribution in [2.45, 2.75) is 32.6 Å². The van der Waals surface area contributed by atoms with E-state index < -0.39 is 0 Å². The van der Waals surface area contributed by atoms with Gasteiger partial charge in [-0.05, 0) is 32.3 Å². The van der Waals surface area contributed by atoms with Crippen molar-refractivity contribution in [3.63, 3.8) is 0 Å². The molecule has 90 valence electrons. The van der Waals surface area contributed by atoms with Crippen LogP contribution in [-0.2, 0) is 4.79 Å². The highest BCUT2D eigenvalue weighted by Gasteiger charge is 2.03. The summed E-state index contributed by atoms with van der Waals surface area (Å²) in [5.41, 5.74) is 0.784.